The first-order chi connectivity index (χ1) is 16.6. The van der Waals surface area contributed by atoms with Gasteiger partial charge in [-0.25, -0.2) is 0 Å². The van der Waals surface area contributed by atoms with E-state index in [0.29, 0.717) is 5.54 Å². The molecular weight excluding hydrogens is 410 g/mol. The molecule has 0 spiro atoms. The molecule has 0 saturated carbocycles. The summed E-state index contributed by atoms with van der Waals surface area (Å²) in [5.41, 5.74) is 0.380. The molecule has 0 rings (SSSR count). The molecule has 34 heavy (non-hydrogen) atoms. The third-order valence-corrected chi connectivity index (χ3v) is 8.06. The lowest BCUT2D eigenvalue weighted by Crippen LogP contribution is -2.45. The summed E-state index contributed by atoms with van der Waals surface area (Å²) in [6.45, 7) is 14.7. The van der Waals surface area contributed by atoms with Gasteiger partial charge in [-0.2, -0.15) is 0 Å². The van der Waals surface area contributed by atoms with Crippen LogP contribution in [0.5, 0.6) is 0 Å². The van der Waals surface area contributed by atoms with Crippen LogP contribution in [0.2, 0.25) is 0 Å². The first-order valence-corrected chi connectivity index (χ1v) is 16.3. The lowest BCUT2D eigenvalue weighted by atomic mass is 9.92. The average Bonchev–Trinajstić information content (AvgIpc) is 2.82. The van der Waals surface area contributed by atoms with Gasteiger partial charge in [0.1, 0.15) is 0 Å². The number of hydrogen-bond acceptors (Lipinski definition) is 1. The van der Waals surface area contributed by atoms with Gasteiger partial charge in [-0.15, -0.1) is 0 Å². The summed E-state index contributed by atoms with van der Waals surface area (Å²) in [6.07, 6.45) is 35.8. The van der Waals surface area contributed by atoms with Gasteiger partial charge in [-0.1, -0.05) is 162 Å². The topological polar surface area (TPSA) is 3.24 Å². The zero-order valence-corrected chi connectivity index (χ0v) is 25.0. The average molecular weight is 480 g/mol. The first kappa shape index (κ1) is 34.0. The Morgan fingerprint density at radius 1 is 0.353 bits per heavy atom. The van der Waals surface area contributed by atoms with Crippen LogP contribution in [0.25, 0.3) is 0 Å². The molecule has 0 aliphatic heterocycles. The van der Waals surface area contributed by atoms with Crippen LogP contribution in [0.3, 0.4) is 0 Å². The van der Waals surface area contributed by atoms with Crippen molar-refractivity contribution in [2.45, 2.75) is 201 Å². The molecule has 0 aromatic heterocycles. The van der Waals surface area contributed by atoms with Crippen LogP contribution in [0.4, 0.5) is 0 Å². The van der Waals surface area contributed by atoms with Gasteiger partial charge in [0.15, 0.2) is 0 Å². The fourth-order valence-corrected chi connectivity index (χ4v) is 5.44. The Morgan fingerprint density at radius 3 is 0.941 bits per heavy atom. The highest BCUT2D eigenvalue weighted by molar-refractivity contribution is 4.81. The maximum atomic E-state index is 2.89. The van der Waals surface area contributed by atoms with E-state index in [0.717, 1.165) is 0 Å². The zero-order chi connectivity index (χ0) is 25.2. The molecule has 0 aliphatic carbocycles. The Balaban J connectivity index is 4.18. The van der Waals surface area contributed by atoms with Gasteiger partial charge in [-0.05, 0) is 46.2 Å². The summed E-state index contributed by atoms with van der Waals surface area (Å²) >= 11 is 0. The molecule has 206 valence electrons. The quantitative estimate of drug-likeness (QED) is 0.101. The van der Waals surface area contributed by atoms with Crippen LogP contribution in [0.1, 0.15) is 195 Å². The summed E-state index contributed by atoms with van der Waals surface area (Å²) < 4.78 is 0. The minimum absolute atomic E-state index is 0.380. The monoisotopic (exact) mass is 480 g/mol. The van der Waals surface area contributed by atoms with Crippen LogP contribution >= 0.6 is 0 Å². The second kappa shape index (κ2) is 26.0. The van der Waals surface area contributed by atoms with Crippen molar-refractivity contribution in [3.05, 3.63) is 0 Å². The first-order valence-electron chi connectivity index (χ1n) is 16.3. The van der Waals surface area contributed by atoms with Gasteiger partial charge in [0.2, 0.25) is 0 Å². The highest BCUT2D eigenvalue weighted by Gasteiger charge is 2.25. The van der Waals surface area contributed by atoms with E-state index < -0.39 is 0 Å². The predicted molar refractivity (Wildman–Crippen MR) is 158 cm³/mol. The van der Waals surface area contributed by atoms with Crippen molar-refractivity contribution in [1.82, 2.24) is 4.90 Å². The summed E-state index contributed by atoms with van der Waals surface area (Å²) in [5, 5.41) is 0. The van der Waals surface area contributed by atoms with Gasteiger partial charge in [0.05, 0.1) is 0 Å². The van der Waals surface area contributed by atoms with Crippen LogP contribution < -0.4 is 0 Å². The third-order valence-electron chi connectivity index (χ3n) is 8.06. The molecule has 0 aromatic rings. The molecule has 0 heterocycles. The van der Waals surface area contributed by atoms with E-state index in [1.165, 1.54) is 174 Å². The van der Waals surface area contributed by atoms with E-state index in [1.807, 2.05) is 0 Å². The van der Waals surface area contributed by atoms with E-state index >= 15 is 0 Å². The standard InChI is InChI=1S/C33H69N/c1-6-9-12-15-18-19-20-21-24-27-30-33(4,5)34(31-28-25-22-16-13-10-7-2)32-29-26-23-17-14-11-8-3/h6-32H2,1-5H3. The second-order valence-electron chi connectivity index (χ2n) is 12.0. The van der Waals surface area contributed by atoms with Crippen molar-refractivity contribution in [3.63, 3.8) is 0 Å². The van der Waals surface area contributed by atoms with Crippen LogP contribution in [0.15, 0.2) is 0 Å². The fourth-order valence-electron chi connectivity index (χ4n) is 5.44. The highest BCUT2D eigenvalue weighted by atomic mass is 15.2. The van der Waals surface area contributed by atoms with Gasteiger partial charge >= 0.3 is 0 Å². The third kappa shape index (κ3) is 22.4. The number of nitrogens with zero attached hydrogens (tertiary/aromatic N) is 1. The van der Waals surface area contributed by atoms with Crippen LogP contribution in [0, 0.1) is 0 Å². The van der Waals surface area contributed by atoms with Gasteiger partial charge in [-0.3, -0.25) is 4.90 Å². The Morgan fingerprint density at radius 2 is 0.618 bits per heavy atom. The minimum Gasteiger partial charge on any atom is -0.298 e. The number of unbranched alkanes of at least 4 members (excludes halogenated alkanes) is 21. The van der Waals surface area contributed by atoms with Crippen molar-refractivity contribution in [2.24, 2.45) is 0 Å². The SMILES string of the molecule is CCCCCCCCCCCCC(C)(C)N(CCCCCCCCC)CCCCCCCCC. The van der Waals surface area contributed by atoms with Crippen molar-refractivity contribution in [2.75, 3.05) is 13.1 Å². The Kier molecular flexibility index (Phi) is 26.0. The lowest BCUT2D eigenvalue weighted by Gasteiger charge is -2.39. The Bertz CT molecular complexity index is 357. The fraction of sp³-hybridized carbons (Fsp3) is 1.00. The van der Waals surface area contributed by atoms with Gasteiger partial charge in [0.25, 0.3) is 0 Å². The predicted octanol–water partition coefficient (Wildman–Crippen LogP) is 11.9. The molecule has 1 nitrogen and oxygen atoms in total. The molecule has 0 amide bonds. The maximum Gasteiger partial charge on any atom is 0.0153 e. The molecule has 1 heteroatoms. The summed E-state index contributed by atoms with van der Waals surface area (Å²) in [7, 11) is 0. The van der Waals surface area contributed by atoms with Gasteiger partial charge < -0.3 is 0 Å². The molecule has 0 N–H and O–H groups in total. The van der Waals surface area contributed by atoms with Crippen molar-refractivity contribution >= 4 is 0 Å². The molecule has 0 bridgehead atoms. The van der Waals surface area contributed by atoms with Crippen molar-refractivity contribution in [3.8, 4) is 0 Å². The molecule has 0 radical (unpaired) electrons. The molecule has 0 saturated heterocycles. The molecule has 0 aliphatic rings. The Labute approximate surface area is 218 Å². The minimum atomic E-state index is 0.380. The zero-order valence-electron chi connectivity index (χ0n) is 25.0. The van der Waals surface area contributed by atoms with E-state index in [9.17, 15) is 0 Å². The van der Waals surface area contributed by atoms with Crippen molar-refractivity contribution < 1.29 is 0 Å². The molecule has 0 aromatic carbocycles. The Hall–Kier alpha value is -0.0400. The molecule has 0 unspecified atom stereocenters. The largest absolute Gasteiger partial charge is 0.298 e. The molecule has 0 atom stereocenters. The second-order valence-corrected chi connectivity index (χ2v) is 12.0. The van der Waals surface area contributed by atoms with E-state index in [-0.39, 0.29) is 0 Å². The normalized spacial score (nSPS) is 12.2. The lowest BCUT2D eigenvalue weighted by molar-refractivity contribution is 0.102. The maximum absolute atomic E-state index is 2.89. The van der Waals surface area contributed by atoms with E-state index in [4.69, 9.17) is 0 Å². The van der Waals surface area contributed by atoms with Crippen molar-refractivity contribution in [1.29, 1.82) is 0 Å². The van der Waals surface area contributed by atoms with E-state index in [1.54, 1.807) is 0 Å². The van der Waals surface area contributed by atoms with E-state index in [2.05, 4.69) is 39.5 Å². The van der Waals surface area contributed by atoms with Crippen LogP contribution in [-0.2, 0) is 0 Å². The summed E-state index contributed by atoms with van der Waals surface area (Å²) in [6, 6.07) is 0. The summed E-state index contributed by atoms with van der Waals surface area (Å²) in [5.74, 6) is 0. The van der Waals surface area contributed by atoms with Crippen LogP contribution in [-0.4, -0.2) is 23.5 Å². The highest BCUT2D eigenvalue weighted by Crippen LogP contribution is 2.25. The molecular formula is C33H69N. The summed E-state index contributed by atoms with van der Waals surface area (Å²) in [4.78, 5) is 2.89. The van der Waals surface area contributed by atoms with Gasteiger partial charge in [0, 0.05) is 5.54 Å². The number of hydrogen-bond donors (Lipinski definition) is 0. The number of rotatable bonds is 28. The smallest absolute Gasteiger partial charge is 0.0153 e. The molecule has 0 fully saturated rings.